The molecule has 3 N–H and O–H groups in total. The van der Waals surface area contributed by atoms with Crippen molar-refractivity contribution in [2.24, 2.45) is 17.8 Å². The molecule has 0 saturated carbocycles. The van der Waals surface area contributed by atoms with E-state index in [9.17, 15) is 50.7 Å². The molecule has 0 aliphatic carbocycles. The van der Waals surface area contributed by atoms with Crippen LogP contribution < -0.4 is 20.7 Å². The van der Waals surface area contributed by atoms with Crippen LogP contribution in [0.4, 0.5) is 26.7 Å². The molecule has 326 valence electrons. The molecular weight excluding hydrogens is 789 g/mol. The van der Waals surface area contributed by atoms with E-state index in [-0.39, 0.29) is 25.2 Å². The molecule has 0 radical (unpaired) electrons. The Balaban J connectivity index is 2.38. The van der Waals surface area contributed by atoms with Crippen molar-refractivity contribution in [3.05, 3.63) is 76.8 Å². The van der Waals surface area contributed by atoms with Crippen molar-refractivity contribution in [1.29, 1.82) is 0 Å². The molecule has 2 aromatic carbocycles. The van der Waals surface area contributed by atoms with E-state index < -0.39 is 118 Å². The minimum Gasteiger partial charge on any atom is -0.450 e. The van der Waals surface area contributed by atoms with E-state index in [0.29, 0.717) is 5.56 Å². The minimum absolute atomic E-state index is 0.165. The molecule has 0 bridgehead atoms. The number of carbonyl (C=O) groups excluding carboxylic acids is 6. The first-order valence-electron chi connectivity index (χ1n) is 18.8. The number of nitrogens with one attached hydrogen (secondary N) is 3. The maximum Gasteiger partial charge on any atom is 0.408 e. The van der Waals surface area contributed by atoms with E-state index in [4.69, 9.17) is 14.2 Å². The molecule has 0 aliphatic rings. The van der Waals surface area contributed by atoms with Crippen LogP contribution in [0, 0.1) is 46.8 Å². The SMILES string of the molecule is C/C=C(\NC(=O)[C@@H](NC(=O)OC(C)(C)C)C(C)C)C(=O)O[C@@H](Cc1ccccc1)C(=O)O[C@@H](CC(C)C)C(=O)N[C@H](CC(C)C)C(=O)Oc1c(F)c(F)c(F)c(F)c1F. The molecule has 18 heteroatoms. The fraction of sp³-hybridized carbons (Fsp3) is 0.512. The van der Waals surface area contributed by atoms with Crippen LogP contribution in [0.2, 0.25) is 0 Å². The summed E-state index contributed by atoms with van der Waals surface area (Å²) in [5.74, 6) is -21.0. The summed E-state index contributed by atoms with van der Waals surface area (Å²) in [7, 11) is 0. The largest absolute Gasteiger partial charge is 0.450 e. The number of benzene rings is 2. The quantitative estimate of drug-likeness (QED) is 0.0286. The van der Waals surface area contributed by atoms with Crippen LogP contribution in [-0.2, 0) is 44.6 Å². The smallest absolute Gasteiger partial charge is 0.408 e. The number of amides is 3. The van der Waals surface area contributed by atoms with Gasteiger partial charge in [-0.1, -0.05) is 78.0 Å². The van der Waals surface area contributed by atoms with E-state index in [2.05, 4.69) is 20.7 Å². The molecule has 0 aromatic heterocycles. The van der Waals surface area contributed by atoms with E-state index in [1.807, 2.05) is 0 Å². The van der Waals surface area contributed by atoms with Crippen LogP contribution in [-0.4, -0.2) is 65.7 Å². The van der Waals surface area contributed by atoms with Gasteiger partial charge in [0.25, 0.3) is 5.91 Å². The molecule has 4 atom stereocenters. The number of rotatable bonds is 18. The second kappa shape index (κ2) is 22.0. The molecule has 0 unspecified atom stereocenters. The molecular formula is C41H52F5N3O10. The van der Waals surface area contributed by atoms with Crippen molar-refractivity contribution >= 4 is 35.8 Å². The Morgan fingerprint density at radius 3 is 1.73 bits per heavy atom. The highest BCUT2D eigenvalue weighted by atomic mass is 19.2. The van der Waals surface area contributed by atoms with Gasteiger partial charge in [-0.3, -0.25) is 9.59 Å². The highest BCUT2D eigenvalue weighted by molar-refractivity contribution is 5.97. The Kier molecular flexibility index (Phi) is 18.5. The average Bonchev–Trinajstić information content (AvgIpc) is 3.14. The van der Waals surface area contributed by atoms with Gasteiger partial charge in [0.05, 0.1) is 0 Å². The first kappa shape index (κ1) is 49.6. The first-order chi connectivity index (χ1) is 27.4. The summed E-state index contributed by atoms with van der Waals surface area (Å²) in [6.45, 7) is 16.1. The summed E-state index contributed by atoms with van der Waals surface area (Å²) in [6.07, 6.45) is -3.78. The summed E-state index contributed by atoms with van der Waals surface area (Å²) in [5.41, 5.74) is -0.777. The van der Waals surface area contributed by atoms with Crippen molar-refractivity contribution in [2.45, 2.75) is 118 Å². The van der Waals surface area contributed by atoms with Gasteiger partial charge in [0.1, 0.15) is 23.4 Å². The lowest BCUT2D eigenvalue weighted by Gasteiger charge is -2.26. The number of halogens is 5. The fourth-order valence-corrected chi connectivity index (χ4v) is 5.26. The van der Waals surface area contributed by atoms with E-state index in [1.165, 1.54) is 13.0 Å². The fourth-order valence-electron chi connectivity index (χ4n) is 5.26. The molecule has 13 nitrogen and oxygen atoms in total. The first-order valence-corrected chi connectivity index (χ1v) is 18.8. The second-order valence-corrected chi connectivity index (χ2v) is 15.7. The third-order valence-electron chi connectivity index (χ3n) is 8.08. The predicted octanol–water partition coefficient (Wildman–Crippen LogP) is 6.50. The van der Waals surface area contributed by atoms with Crippen molar-refractivity contribution in [3.8, 4) is 5.75 Å². The molecule has 2 aromatic rings. The van der Waals surface area contributed by atoms with Crippen LogP contribution >= 0.6 is 0 Å². The molecule has 0 aliphatic heterocycles. The molecule has 3 amide bonds. The highest BCUT2D eigenvalue weighted by Gasteiger charge is 2.37. The maximum absolute atomic E-state index is 14.4. The third-order valence-corrected chi connectivity index (χ3v) is 8.08. The minimum atomic E-state index is -2.47. The number of alkyl carbamates (subject to hydrolysis) is 1. The zero-order valence-electron chi connectivity index (χ0n) is 34.6. The molecule has 0 saturated heterocycles. The summed E-state index contributed by atoms with van der Waals surface area (Å²) in [4.78, 5) is 79.9. The number of ether oxygens (including phenoxy) is 4. The third kappa shape index (κ3) is 15.3. The van der Waals surface area contributed by atoms with Crippen molar-refractivity contribution in [1.82, 2.24) is 16.0 Å². The van der Waals surface area contributed by atoms with E-state index >= 15 is 0 Å². The molecule has 0 heterocycles. The highest BCUT2D eigenvalue weighted by Crippen LogP contribution is 2.30. The number of allylic oxidation sites excluding steroid dienone is 1. The normalized spacial score (nSPS) is 13.9. The van der Waals surface area contributed by atoms with Crippen LogP contribution in [0.25, 0.3) is 0 Å². The zero-order chi connectivity index (χ0) is 44.9. The van der Waals surface area contributed by atoms with Crippen LogP contribution in [0.15, 0.2) is 42.1 Å². The number of hydrogen-bond donors (Lipinski definition) is 3. The topological polar surface area (TPSA) is 175 Å². The second-order valence-electron chi connectivity index (χ2n) is 15.7. The van der Waals surface area contributed by atoms with Gasteiger partial charge in [0, 0.05) is 6.42 Å². The van der Waals surface area contributed by atoms with E-state index in [0.717, 1.165) is 0 Å². The summed E-state index contributed by atoms with van der Waals surface area (Å²) < 4.78 is 91.0. The van der Waals surface area contributed by atoms with Gasteiger partial charge in [-0.05, 0) is 63.9 Å². The average molecular weight is 842 g/mol. The maximum atomic E-state index is 14.4. The summed E-state index contributed by atoms with van der Waals surface area (Å²) in [6, 6.07) is 5.33. The molecule has 59 heavy (non-hydrogen) atoms. The van der Waals surface area contributed by atoms with Gasteiger partial charge >= 0.3 is 24.0 Å². The van der Waals surface area contributed by atoms with Gasteiger partial charge in [-0.2, -0.15) is 8.78 Å². The molecule has 2 rings (SSSR count). The Morgan fingerprint density at radius 2 is 1.24 bits per heavy atom. The van der Waals surface area contributed by atoms with Crippen LogP contribution in [0.3, 0.4) is 0 Å². The van der Waals surface area contributed by atoms with Crippen molar-refractivity contribution in [2.75, 3.05) is 0 Å². The number of esters is 3. The lowest BCUT2D eigenvalue weighted by atomic mass is 10.0. The summed E-state index contributed by atoms with van der Waals surface area (Å²) in [5, 5.41) is 7.15. The van der Waals surface area contributed by atoms with Gasteiger partial charge < -0.3 is 34.9 Å². The Morgan fingerprint density at radius 1 is 0.695 bits per heavy atom. The predicted molar refractivity (Wildman–Crippen MR) is 203 cm³/mol. The molecule has 0 fully saturated rings. The van der Waals surface area contributed by atoms with Gasteiger partial charge in [-0.25, -0.2) is 32.3 Å². The standard InChI is InChI=1S/C41H52F5N3O10/c1-11-24(47-36(51)33(22(6)7)49-40(55)59-41(8,9)10)37(52)57-27(19-23-15-13-12-14-16-23)39(54)56-26(18-21(4)5)35(50)48-25(17-20(2)3)38(53)58-34-31(45)29(43)28(42)30(44)32(34)46/h11-16,20-22,25-27,33H,17-19H2,1-10H3,(H,47,51)(H,48,50)(H,49,55)/b24-11-/t25-,26+,27+,33+/m1/s1. The Labute approximate surface area is 339 Å². The van der Waals surface area contributed by atoms with Crippen molar-refractivity contribution < 1.29 is 69.7 Å². The molecule has 0 spiro atoms. The van der Waals surface area contributed by atoms with Gasteiger partial charge in [0.15, 0.2) is 6.10 Å². The monoisotopic (exact) mass is 841 g/mol. The lowest BCUT2D eigenvalue weighted by molar-refractivity contribution is -0.173. The Bertz CT molecular complexity index is 1840. The van der Waals surface area contributed by atoms with Crippen LogP contribution in [0.1, 0.15) is 87.6 Å². The Hall–Kier alpha value is -5.55. The van der Waals surface area contributed by atoms with E-state index in [1.54, 1.807) is 92.6 Å². The van der Waals surface area contributed by atoms with Crippen LogP contribution in [0.5, 0.6) is 5.75 Å². The van der Waals surface area contributed by atoms with Crippen molar-refractivity contribution in [3.63, 3.8) is 0 Å². The number of carbonyl (C=O) groups is 6. The summed E-state index contributed by atoms with van der Waals surface area (Å²) >= 11 is 0. The lowest BCUT2D eigenvalue weighted by Crippen LogP contribution is -2.51. The number of hydrogen-bond acceptors (Lipinski definition) is 10. The van der Waals surface area contributed by atoms with Gasteiger partial charge in [-0.15, -0.1) is 0 Å². The van der Waals surface area contributed by atoms with Gasteiger partial charge in [0.2, 0.25) is 46.8 Å². The zero-order valence-corrected chi connectivity index (χ0v) is 34.6.